The zero-order chi connectivity index (χ0) is 107. The highest BCUT2D eigenvalue weighted by Crippen LogP contribution is 2.69. The van der Waals surface area contributed by atoms with E-state index in [0.717, 1.165) is 48.7 Å². The molecule has 804 valence electrons. The third kappa shape index (κ3) is 21.1. The molecule has 6 saturated carbocycles. The molecule has 4 N–H and O–H groups in total. The Balaban J connectivity index is 0.000000209. The van der Waals surface area contributed by atoms with E-state index in [9.17, 15) is 58.5 Å². The SMILES string of the molecule is CCC(=O)O[C@H]1C(=O)[C@@]2(C)C([C@H](OC(=O)c3ccccc3)[C@]3(O)C[C@H](O)C(C)=C1C3(C)C)[C@]1(OC(C)=O)CO[C@@H]1C[C@@H]2O[Si](CC)(CC)CC.CCC(=O)O[C@H]1C(=O)[C@@]2(C)C([C@H](OC(=O)c3ccccc3)[C@]3(O)C[C@H](OC(=O)[C@H](OC(C)(C)OC)[C@@H](NC(=O)OC4CCC4)c4cccs4)C(C)=C1C3(C)C)[C@]1(OC(C)=O)CO[C@@H]1C[C@@H]2O[Si](CC)(CC)CC.COC(C)(C)O[C@H]1C(=O)N(C(=O)OC2CCC2)[C@H]1c1cccs1. The summed E-state index contributed by atoms with van der Waals surface area (Å²) in [4.78, 5) is 171. The second-order valence-electron chi connectivity index (χ2n) is 43.1. The minimum atomic E-state index is -2.65. The number of ketones is 2. The number of nitrogens with zero attached hydrogens (tertiary/aromatic N) is 1. The fourth-order valence-electron chi connectivity index (χ4n) is 23.9. The summed E-state index contributed by atoms with van der Waals surface area (Å²) in [5.74, 6) is -11.9. The maximum atomic E-state index is 16.6. The van der Waals surface area contributed by atoms with Crippen molar-refractivity contribution in [2.75, 3.05) is 27.4 Å². The number of thiophene rings is 2. The monoisotopic (exact) mass is 2110 g/mol. The van der Waals surface area contributed by atoms with Gasteiger partial charge in [-0.3, -0.25) is 33.6 Å². The number of amides is 3. The van der Waals surface area contributed by atoms with Gasteiger partial charge in [-0.15, -0.1) is 22.7 Å². The van der Waals surface area contributed by atoms with Crippen LogP contribution in [-0.2, 0) is 118 Å². The summed E-state index contributed by atoms with van der Waals surface area (Å²) in [5.41, 5.74) is -12.8. The Morgan fingerprint density at radius 2 is 0.973 bits per heavy atom. The van der Waals surface area contributed by atoms with E-state index in [2.05, 4.69) is 46.9 Å². The largest absolute Gasteiger partial charge is 0.456 e. The lowest BCUT2D eigenvalue weighted by Crippen LogP contribution is -2.82. The van der Waals surface area contributed by atoms with Crippen molar-refractivity contribution in [3.8, 4) is 0 Å². The highest BCUT2D eigenvalue weighted by Gasteiger charge is 2.82. The molecule has 2 aromatic carbocycles. The first kappa shape index (κ1) is 114. The molecule has 34 nitrogen and oxygen atoms in total. The zero-order valence-corrected chi connectivity index (χ0v) is 92.3. The number of hydrogen-bond acceptors (Lipinski definition) is 34. The molecule has 11 aliphatic rings. The van der Waals surface area contributed by atoms with Crippen LogP contribution in [0.25, 0.3) is 0 Å². The van der Waals surface area contributed by atoms with Crippen molar-refractivity contribution >= 4 is 111 Å². The van der Waals surface area contributed by atoms with E-state index in [1.807, 2.05) is 17.5 Å². The van der Waals surface area contributed by atoms with Crippen LogP contribution in [0.2, 0.25) is 36.3 Å². The number of likely N-dealkylation sites (tertiary alicyclic amines) is 1. The topological polar surface area (TPSA) is 438 Å². The van der Waals surface area contributed by atoms with E-state index >= 15 is 14.4 Å². The molecule has 3 aliphatic heterocycles. The Morgan fingerprint density at radius 1 is 0.541 bits per heavy atom. The van der Waals surface area contributed by atoms with E-state index in [1.165, 1.54) is 55.6 Å². The summed E-state index contributed by atoms with van der Waals surface area (Å²) in [6, 6.07) is 26.5. The van der Waals surface area contributed by atoms with Crippen LogP contribution in [0.4, 0.5) is 9.59 Å². The van der Waals surface area contributed by atoms with E-state index < -0.39 is 241 Å². The fraction of sp³-hybridized carbons (Fsp3) is 0.667. The summed E-state index contributed by atoms with van der Waals surface area (Å²) in [7, 11) is -2.22. The molecule has 38 heteroatoms. The Kier molecular flexibility index (Phi) is 34.9. The molecule has 4 bridgehead atoms. The Labute approximate surface area is 865 Å². The molecule has 15 rings (SSSR count). The van der Waals surface area contributed by atoms with Crippen molar-refractivity contribution in [2.45, 2.75) is 397 Å². The van der Waals surface area contributed by atoms with Crippen LogP contribution < -0.4 is 5.32 Å². The molecule has 3 saturated heterocycles. The molecule has 22 atom stereocenters. The number of esters is 7. The number of aliphatic hydroxyl groups is 3. The summed E-state index contributed by atoms with van der Waals surface area (Å²) in [5, 5.41) is 45.8. The number of Topliss-reactive ketones (excluding diaryl/α,β-unsaturated/α-hetero) is 2. The summed E-state index contributed by atoms with van der Waals surface area (Å²) < 4.78 is 106. The molecular formula is C108H150N2O32S2Si2. The van der Waals surface area contributed by atoms with Gasteiger partial charge >= 0.3 is 54.0 Å². The minimum absolute atomic E-state index is 0.0223. The van der Waals surface area contributed by atoms with Crippen molar-refractivity contribution in [1.29, 1.82) is 0 Å². The lowest BCUT2D eigenvalue weighted by atomic mass is 9.44. The maximum Gasteiger partial charge on any atom is 0.417 e. The number of carbonyl (C=O) groups is 12. The van der Waals surface area contributed by atoms with Crippen molar-refractivity contribution < 1.29 is 153 Å². The first-order valence-corrected chi connectivity index (χ1v) is 58.3. The number of rotatable bonds is 34. The smallest absolute Gasteiger partial charge is 0.417 e. The number of benzene rings is 2. The van der Waals surface area contributed by atoms with Gasteiger partial charge in [-0.25, -0.2) is 28.9 Å². The first-order chi connectivity index (χ1) is 68.8. The molecule has 0 spiro atoms. The second kappa shape index (κ2) is 44.6. The molecule has 0 radical (unpaired) electrons. The van der Waals surface area contributed by atoms with Crippen molar-refractivity contribution in [3.05, 3.63) is 139 Å². The Bertz CT molecular complexity index is 5470. The summed E-state index contributed by atoms with van der Waals surface area (Å²) in [6.45, 7) is 37.9. The summed E-state index contributed by atoms with van der Waals surface area (Å²) in [6.07, 6.45) is -12.3. The fourth-order valence-corrected chi connectivity index (χ4v) is 31.4. The summed E-state index contributed by atoms with van der Waals surface area (Å²) >= 11 is 2.74. The predicted octanol–water partition coefficient (Wildman–Crippen LogP) is 16.6. The number of aliphatic hydroxyl groups excluding tert-OH is 1. The van der Waals surface area contributed by atoms with Crippen molar-refractivity contribution in [2.24, 2.45) is 33.5 Å². The van der Waals surface area contributed by atoms with Crippen LogP contribution >= 0.6 is 22.7 Å². The highest BCUT2D eigenvalue weighted by molar-refractivity contribution is 7.10. The van der Waals surface area contributed by atoms with Crippen molar-refractivity contribution in [1.82, 2.24) is 10.2 Å². The van der Waals surface area contributed by atoms with E-state index in [-0.39, 0.29) is 91.3 Å². The van der Waals surface area contributed by atoms with Gasteiger partial charge in [0, 0.05) is 87.2 Å². The number of fused-ring (bicyclic) bond motifs is 10. The average Bonchev–Trinajstić information content (AvgIpc) is 0.692. The average molecular weight is 2110 g/mol. The van der Waals surface area contributed by atoms with E-state index in [1.54, 1.807) is 175 Å². The number of hydrogen-bond donors (Lipinski definition) is 4. The number of β-lactam (4-membered cyclic amide) rings is 1. The van der Waals surface area contributed by atoms with Crippen molar-refractivity contribution in [3.63, 3.8) is 0 Å². The van der Waals surface area contributed by atoms with Gasteiger partial charge in [0.15, 0.2) is 75.4 Å². The molecule has 146 heavy (non-hydrogen) atoms. The number of carbonyl (C=O) groups excluding carboxylic acids is 12. The number of methoxy groups -OCH3 is 2. The lowest BCUT2D eigenvalue weighted by molar-refractivity contribution is -0.344. The molecule has 9 fully saturated rings. The maximum absolute atomic E-state index is 16.6. The Morgan fingerprint density at radius 3 is 1.36 bits per heavy atom. The van der Waals surface area contributed by atoms with E-state index in [0.29, 0.717) is 41.4 Å². The number of imide groups is 1. The van der Waals surface area contributed by atoms with Gasteiger partial charge in [-0.1, -0.05) is 132 Å². The normalized spacial score (nSPS) is 31.6. The van der Waals surface area contributed by atoms with Crippen LogP contribution in [0.3, 0.4) is 0 Å². The van der Waals surface area contributed by atoms with Gasteiger partial charge in [0.05, 0.1) is 65.3 Å². The van der Waals surface area contributed by atoms with Crippen LogP contribution in [0.15, 0.2) is 118 Å². The molecule has 3 amide bonds. The first-order valence-electron chi connectivity index (χ1n) is 51.5. The molecule has 4 aromatic rings. The van der Waals surface area contributed by atoms with Crippen LogP contribution in [-0.4, -0.2) is 255 Å². The van der Waals surface area contributed by atoms with Gasteiger partial charge in [0.1, 0.15) is 66.0 Å². The molecule has 5 heterocycles. The lowest BCUT2D eigenvalue weighted by Gasteiger charge is -2.68. The van der Waals surface area contributed by atoms with Gasteiger partial charge in [0.2, 0.25) is 0 Å². The highest BCUT2D eigenvalue weighted by atomic mass is 32.1. The van der Waals surface area contributed by atoms with Crippen LogP contribution in [0, 0.1) is 33.5 Å². The number of ether oxygens (including phenoxy) is 15. The van der Waals surface area contributed by atoms with Gasteiger partial charge in [-0.05, 0) is 200 Å². The number of nitrogens with one attached hydrogen (secondary N) is 1. The number of alkyl carbamates (subject to hydrolysis) is 1. The van der Waals surface area contributed by atoms with Crippen LogP contribution in [0.1, 0.15) is 272 Å². The predicted molar refractivity (Wildman–Crippen MR) is 539 cm³/mol. The van der Waals surface area contributed by atoms with Gasteiger partial charge in [0.25, 0.3) is 5.91 Å². The van der Waals surface area contributed by atoms with Gasteiger partial charge in [-0.2, -0.15) is 0 Å². The minimum Gasteiger partial charge on any atom is -0.456 e. The molecule has 2 aromatic heterocycles. The molecular weight excluding hydrogens is 1960 g/mol. The van der Waals surface area contributed by atoms with Crippen LogP contribution in [0.5, 0.6) is 0 Å². The quantitative estimate of drug-likeness (QED) is 0.00842. The van der Waals surface area contributed by atoms with Gasteiger partial charge < -0.3 is 101 Å². The molecule has 8 aliphatic carbocycles. The Hall–Kier alpha value is -8.85. The zero-order valence-electron chi connectivity index (χ0n) is 88.7. The standard InChI is InChI=1S/C54H75NO16SSi.C38H54O11Si.C16H21NO5S/c1-13-39(57)67-42-40-31(5)35(66-48(60)43(70-51(9,10)63-12)41(36-26-21-27-72-36)55-49(61)65-34-24-20-25-34)29-54(62,50(40,7)8)46(68-47(59)33-22-18-17-19-23-33)44-52(11,45(42)58)37(71-73(14-2,15-3)16-4)28-38-53(44,30-64-38)69-32(6)56;1-10-28(41)46-30-29-22(5)25(40)20-38(44,35(29,7)8)33(47-34(43)24-17-15-14-16-18-24)31-36(9,32(30)42)26(49-50(11-2,12-3)13-4)19-27-37(31,21-45-27)48-23(6)39;1-16(2,20-3)22-13-12(11-8-5-9-23-11)17(14(13)18)15(19)21-10-6-4-7-10/h17-19,21-23,26-27,34-35,37-38,41-44,46,62H,13-16,20,24-25,28-30H2,1-12H3,(H,55,61);14-18,25-27,30-31,33,40,44H,10-13,19-21H2,1-9H3;5,8-10,12-13H,4,6-7H2,1-3H3/t35-,37-,38+,41-,42+,43+,44?,46-,52+,53-,54+;25-,26-,27+,30+,31?,33-,36+,37-,38+;12-,13+/m000/s1. The third-order valence-corrected chi connectivity index (χ3v) is 45.1. The van der Waals surface area contributed by atoms with E-state index in [4.69, 9.17) is 79.9 Å². The third-order valence-electron chi connectivity index (χ3n) is 33.9. The second-order valence-corrected chi connectivity index (χ2v) is 54.5. The molecule has 2 unspecified atom stereocenters.